The van der Waals surface area contributed by atoms with E-state index >= 15 is 0 Å². The first-order valence-electron chi connectivity index (χ1n) is 35.2. The standard InChI is InChI=1S/C10H19NO.C10H19NS.C8H13NO.C8H13NS.2C7H13N3.3C6H10N2O.C6H10N2S/c2*1-7(2)8-11-9(3,4)10(5,6)12-8;2*1-5(2)8-9-6(3)7(4)10-8;1-5(2)7-9-8-6(3)10(7)4;1-5(2)7-8-6(3)9-10(7)4;1-4(2)6-8-7-5(3)9-6;1-4(2)6-7-5(3)9-8-6;1-4(2)6-7-5(3)8-9-6;1-4(2)6-8-7-5(3)9-6/h2*7H,1-6H3;4*5H,1-4H3;4*4H,1-3H3. The Morgan fingerprint density at radius 3 is 1.17 bits per heavy atom. The molecule has 0 bridgehead atoms. The lowest BCUT2D eigenvalue weighted by Crippen LogP contribution is -2.41. The summed E-state index contributed by atoms with van der Waals surface area (Å²) in [4.78, 5) is 31.7. The number of thiazole rings is 1. The van der Waals surface area contributed by atoms with Crippen molar-refractivity contribution in [3.63, 3.8) is 0 Å². The van der Waals surface area contributed by atoms with Gasteiger partial charge in [0, 0.05) is 96.7 Å². The third-order valence-electron chi connectivity index (χ3n) is 15.7. The van der Waals surface area contributed by atoms with Crippen LogP contribution in [0.5, 0.6) is 0 Å². The maximum absolute atomic E-state index is 5.78. The highest BCUT2D eigenvalue weighted by Gasteiger charge is 2.46. The number of rotatable bonds is 10. The van der Waals surface area contributed by atoms with E-state index in [0.29, 0.717) is 88.6 Å². The molecule has 26 heteroatoms. The van der Waals surface area contributed by atoms with Crippen molar-refractivity contribution in [1.29, 1.82) is 0 Å². The molecule has 0 aromatic carbocycles. The molecule has 2 aliphatic heterocycles. The molecule has 10 rings (SSSR count). The van der Waals surface area contributed by atoms with Crippen molar-refractivity contribution < 1.29 is 22.6 Å². The predicted molar refractivity (Wildman–Crippen MR) is 413 cm³/mol. The Morgan fingerprint density at radius 2 is 0.970 bits per heavy atom. The number of ether oxygens (including phenoxy) is 1. The molecule has 0 fully saturated rings. The predicted octanol–water partition coefficient (Wildman–Crippen LogP) is 20.2. The van der Waals surface area contributed by atoms with Gasteiger partial charge in [-0.1, -0.05) is 149 Å². The Morgan fingerprint density at radius 1 is 0.410 bits per heavy atom. The molecule has 100 heavy (non-hydrogen) atoms. The highest BCUT2D eigenvalue weighted by molar-refractivity contribution is 8.15. The lowest BCUT2D eigenvalue weighted by Gasteiger charge is -2.31. The summed E-state index contributed by atoms with van der Waals surface area (Å²) in [7, 11) is 3.92. The van der Waals surface area contributed by atoms with Gasteiger partial charge in [0.05, 0.1) is 32.5 Å². The molecular formula is C74H130N18O5S3. The van der Waals surface area contributed by atoms with E-state index in [1.165, 1.54) is 20.6 Å². The third kappa shape index (κ3) is 30.7. The number of hydrogen-bond donors (Lipinski definition) is 0. The molecule has 23 nitrogen and oxygen atoms in total. The first kappa shape index (κ1) is 91.6. The monoisotopic (exact) mass is 1450 g/mol. The third-order valence-corrected chi connectivity index (χ3v) is 20.0. The molecule has 10 heterocycles. The van der Waals surface area contributed by atoms with Gasteiger partial charge in [0.2, 0.25) is 23.6 Å². The van der Waals surface area contributed by atoms with E-state index in [4.69, 9.17) is 27.6 Å². The van der Waals surface area contributed by atoms with Crippen LogP contribution in [-0.4, -0.2) is 113 Å². The highest BCUT2D eigenvalue weighted by atomic mass is 32.2. The highest BCUT2D eigenvalue weighted by Crippen LogP contribution is 2.46. The van der Waals surface area contributed by atoms with Crippen molar-refractivity contribution in [1.82, 2.24) is 80.2 Å². The number of thioether (sulfide) groups is 1. The number of aliphatic imine (C=N–C) groups is 2. The van der Waals surface area contributed by atoms with Crippen LogP contribution in [0.1, 0.15) is 343 Å². The van der Waals surface area contributed by atoms with Gasteiger partial charge in [-0.3, -0.25) is 9.67 Å². The minimum absolute atomic E-state index is 0.0907. The average molecular weight is 1450 g/mol. The van der Waals surface area contributed by atoms with Crippen molar-refractivity contribution >= 4 is 45.4 Å². The lowest BCUT2D eigenvalue weighted by molar-refractivity contribution is 0.0568. The SMILES string of the molecule is CC(C)C1=NC(C)(C)C(C)(C)O1.CC(C)C1=NC(C)(C)C(C)(C)S1.Cc1nc(C(C)C)n(C)n1.Cc1nc(C(C)C)no1.Cc1nc(C(C)C)oc1C.Cc1nc(C(C)C)sc1C.Cc1nnc(C(C)C)n1C.Cc1nnc(C(C)C)o1.Cc1nnc(C(C)C)s1.Cc1noc(C(C)C)n1. The molecular weight excluding hydrogens is 1320 g/mol. The molecule has 564 valence electrons. The summed E-state index contributed by atoms with van der Waals surface area (Å²) in [5.74, 6) is 15.2. The van der Waals surface area contributed by atoms with Crippen molar-refractivity contribution in [3.8, 4) is 0 Å². The summed E-state index contributed by atoms with van der Waals surface area (Å²) in [5, 5.41) is 39.7. The molecule has 0 unspecified atom stereocenters. The maximum atomic E-state index is 5.78. The Kier molecular flexibility index (Phi) is 37.6. The summed E-state index contributed by atoms with van der Waals surface area (Å²) >= 11 is 5.42. The van der Waals surface area contributed by atoms with E-state index in [1.807, 2.05) is 130 Å². The Bertz CT molecular complexity index is 3370. The van der Waals surface area contributed by atoms with Crippen molar-refractivity contribution in [3.05, 3.63) is 101 Å². The molecule has 2 aliphatic rings. The van der Waals surface area contributed by atoms with Crippen LogP contribution in [0.15, 0.2) is 27.9 Å². The van der Waals surface area contributed by atoms with Gasteiger partial charge < -0.3 is 27.2 Å². The fourth-order valence-corrected chi connectivity index (χ4v) is 10.7. The van der Waals surface area contributed by atoms with E-state index in [0.717, 1.165) is 62.4 Å². The summed E-state index contributed by atoms with van der Waals surface area (Å²) < 4.78 is 30.0. The minimum Gasteiger partial charge on any atom is -0.472 e. The van der Waals surface area contributed by atoms with E-state index in [9.17, 15) is 0 Å². The zero-order valence-corrected chi connectivity index (χ0v) is 71.5. The van der Waals surface area contributed by atoms with Crippen molar-refractivity contribution in [2.75, 3.05) is 0 Å². The fraction of sp³-hybridized carbons (Fsp3) is 0.730. The summed E-state index contributed by atoms with van der Waals surface area (Å²) in [6, 6.07) is 0. The molecule has 0 N–H and O–H groups in total. The average Bonchev–Trinajstić information content (AvgIpc) is 1.64. The van der Waals surface area contributed by atoms with E-state index in [2.05, 4.69) is 242 Å². The molecule has 0 saturated carbocycles. The summed E-state index contributed by atoms with van der Waals surface area (Å²) in [5.41, 5.74) is 2.04. The van der Waals surface area contributed by atoms with Gasteiger partial charge in [-0.05, 0) is 111 Å². The molecule has 8 aromatic heterocycles. The van der Waals surface area contributed by atoms with Gasteiger partial charge in [0.1, 0.15) is 44.7 Å². The van der Waals surface area contributed by atoms with Crippen LogP contribution in [0, 0.1) is 81.1 Å². The second-order valence-corrected chi connectivity index (χ2v) is 34.2. The van der Waals surface area contributed by atoms with Crippen LogP contribution in [0.25, 0.3) is 0 Å². The molecule has 0 saturated heterocycles. The van der Waals surface area contributed by atoms with E-state index in [-0.39, 0.29) is 21.4 Å². The molecule has 0 amide bonds. The Hall–Kier alpha value is -6.41. The molecule has 0 aliphatic carbocycles. The number of aromatic nitrogens is 16. The van der Waals surface area contributed by atoms with Gasteiger partial charge >= 0.3 is 0 Å². The Balaban J connectivity index is 0.000000556. The quantitative estimate of drug-likeness (QED) is 0.123. The first-order valence-corrected chi connectivity index (χ1v) is 37.6. The topological polar surface area (TPSA) is 277 Å². The molecule has 8 aromatic rings. The smallest absolute Gasteiger partial charge is 0.229 e. The molecule has 0 spiro atoms. The van der Waals surface area contributed by atoms with Gasteiger partial charge in [-0.15, -0.1) is 65.0 Å². The van der Waals surface area contributed by atoms with Gasteiger partial charge in [0.25, 0.3) is 0 Å². The van der Waals surface area contributed by atoms with Crippen LogP contribution in [0.4, 0.5) is 0 Å². The lowest BCUT2D eigenvalue weighted by atomic mass is 9.87. The number of aryl methyl sites for hydroxylation is 11. The van der Waals surface area contributed by atoms with Crippen molar-refractivity contribution in [2.45, 2.75) is 332 Å². The minimum atomic E-state index is -0.160. The second kappa shape index (κ2) is 41.0. The zero-order valence-electron chi connectivity index (χ0n) is 69.1. The normalized spacial score (nSPS) is 14.4. The van der Waals surface area contributed by atoms with E-state index in [1.54, 1.807) is 25.2 Å². The molecule has 0 radical (unpaired) electrons. The van der Waals surface area contributed by atoms with Crippen LogP contribution < -0.4 is 0 Å². The number of hydrogen-bond acceptors (Lipinski definition) is 24. The van der Waals surface area contributed by atoms with Crippen LogP contribution in [0.2, 0.25) is 0 Å². The summed E-state index contributed by atoms with van der Waals surface area (Å²) in [6.45, 7) is 78.7. The van der Waals surface area contributed by atoms with Gasteiger partial charge in [-0.25, -0.2) is 19.9 Å². The van der Waals surface area contributed by atoms with Crippen LogP contribution in [-0.2, 0) is 18.8 Å². The number of nitrogens with zero attached hydrogens (tertiary/aromatic N) is 18. The fourth-order valence-electron chi connectivity index (χ4n) is 7.77. The van der Waals surface area contributed by atoms with Crippen LogP contribution >= 0.6 is 34.4 Å². The summed E-state index contributed by atoms with van der Waals surface area (Å²) in [6.07, 6.45) is 0. The zero-order chi connectivity index (χ0) is 77.4. The number of oxazole rings is 1. The van der Waals surface area contributed by atoms with Crippen molar-refractivity contribution in [2.24, 2.45) is 35.9 Å². The largest absolute Gasteiger partial charge is 0.472 e. The van der Waals surface area contributed by atoms with Gasteiger partial charge in [0.15, 0.2) is 23.4 Å². The maximum Gasteiger partial charge on any atom is 0.229 e. The van der Waals surface area contributed by atoms with Gasteiger partial charge in [-0.2, -0.15) is 15.1 Å². The first-order chi connectivity index (χ1) is 45.8. The second-order valence-electron chi connectivity index (χ2n) is 30.2. The Labute approximate surface area is 613 Å². The van der Waals surface area contributed by atoms with E-state index < -0.39 is 0 Å². The molecule has 0 atom stereocenters. The van der Waals surface area contributed by atoms with Crippen LogP contribution in [0.3, 0.4) is 0 Å².